The van der Waals surface area contributed by atoms with Crippen molar-refractivity contribution >= 4 is 5.91 Å². The molecule has 76 heavy (non-hydrogen) atoms. The van der Waals surface area contributed by atoms with Crippen LogP contribution in [0, 0.1) is 0 Å². The molecule has 1 aliphatic heterocycles. The van der Waals surface area contributed by atoms with E-state index in [-0.39, 0.29) is 6.42 Å². The highest BCUT2D eigenvalue weighted by atomic mass is 16.7. The minimum absolute atomic E-state index is 0.263. The number of allylic oxidation sites excluding steroid dienone is 4. The summed E-state index contributed by atoms with van der Waals surface area (Å²) >= 11 is 0. The first-order chi connectivity index (χ1) is 37.2. The summed E-state index contributed by atoms with van der Waals surface area (Å²) in [6.45, 7) is 3.50. The van der Waals surface area contributed by atoms with Crippen molar-refractivity contribution in [2.24, 2.45) is 0 Å². The molecular formula is C65H125NO10. The molecule has 1 aliphatic rings. The molecule has 0 aromatic rings. The number of aliphatic hydroxyl groups is 7. The smallest absolute Gasteiger partial charge is 0.249 e. The molecule has 0 saturated carbocycles. The van der Waals surface area contributed by atoms with Gasteiger partial charge in [-0.15, -0.1) is 0 Å². The van der Waals surface area contributed by atoms with E-state index in [1.807, 2.05) is 0 Å². The average molecular weight is 1080 g/mol. The molecule has 1 amide bonds. The summed E-state index contributed by atoms with van der Waals surface area (Å²) in [5.74, 6) is -0.692. The summed E-state index contributed by atoms with van der Waals surface area (Å²) in [5.41, 5.74) is 0. The van der Waals surface area contributed by atoms with Crippen LogP contribution in [0.25, 0.3) is 0 Å². The van der Waals surface area contributed by atoms with Crippen LogP contribution < -0.4 is 5.32 Å². The standard InChI is InChI=1S/C65H125NO10/c1-3-5-7-9-11-13-15-17-19-21-22-23-24-25-26-27-28-29-30-31-32-33-34-35-37-39-41-43-45-47-49-51-53-58(69)64(74)66-56(55-75-65-63(73)62(72)61(71)59(54-67)76-65)60(70)57(68)52-50-48-46-44-42-40-38-36-20-18-16-14-12-10-8-6-4-2/h22-23,25-26,56-63,65,67-73H,3-21,24,27-55H2,1-2H3,(H,66,74)/b23-22-,26-25-. The Morgan fingerprint density at radius 2 is 0.803 bits per heavy atom. The molecule has 1 heterocycles. The summed E-state index contributed by atoms with van der Waals surface area (Å²) in [6.07, 6.45) is 55.3. The Hall–Kier alpha value is -1.41. The number of nitrogens with one attached hydrogen (secondary N) is 1. The third kappa shape index (κ3) is 41.6. The Morgan fingerprint density at radius 1 is 0.461 bits per heavy atom. The third-order valence-electron chi connectivity index (χ3n) is 16.0. The Labute approximate surface area is 467 Å². The minimum Gasteiger partial charge on any atom is -0.394 e. The highest BCUT2D eigenvalue weighted by molar-refractivity contribution is 5.80. The predicted octanol–water partition coefficient (Wildman–Crippen LogP) is 14.9. The lowest BCUT2D eigenvalue weighted by Gasteiger charge is -2.40. The van der Waals surface area contributed by atoms with Crippen molar-refractivity contribution in [1.82, 2.24) is 5.32 Å². The van der Waals surface area contributed by atoms with E-state index in [1.54, 1.807) is 0 Å². The highest BCUT2D eigenvalue weighted by Gasteiger charge is 2.44. The van der Waals surface area contributed by atoms with Crippen LogP contribution in [0.15, 0.2) is 24.3 Å². The van der Waals surface area contributed by atoms with Crippen molar-refractivity contribution < 1.29 is 50.0 Å². The second-order valence-corrected chi connectivity index (χ2v) is 23.2. The number of rotatable bonds is 57. The fourth-order valence-electron chi connectivity index (χ4n) is 10.7. The SMILES string of the molecule is CCCCCCCCCCC/C=C\C/C=C\CCCCCCCCCCCCCCCCCCC(O)C(=O)NC(COC1OC(CO)C(O)C(O)C1O)C(O)C(O)CCCCCCCCCCCCCCCCCCC. The maximum atomic E-state index is 13.2. The molecular weight excluding hydrogens is 955 g/mol. The fraction of sp³-hybridized carbons (Fsp3) is 0.923. The monoisotopic (exact) mass is 1080 g/mol. The van der Waals surface area contributed by atoms with E-state index in [0.29, 0.717) is 19.3 Å². The van der Waals surface area contributed by atoms with Gasteiger partial charge >= 0.3 is 0 Å². The third-order valence-corrected chi connectivity index (χ3v) is 16.0. The molecule has 9 atom stereocenters. The van der Waals surface area contributed by atoms with Gasteiger partial charge in [-0.25, -0.2) is 0 Å². The molecule has 11 heteroatoms. The second-order valence-electron chi connectivity index (χ2n) is 23.2. The van der Waals surface area contributed by atoms with Gasteiger partial charge in [-0.1, -0.05) is 295 Å². The topological polar surface area (TPSA) is 189 Å². The van der Waals surface area contributed by atoms with E-state index in [1.165, 1.54) is 231 Å². The Balaban J connectivity index is 2.19. The van der Waals surface area contributed by atoms with Gasteiger partial charge in [0.2, 0.25) is 5.91 Å². The fourth-order valence-corrected chi connectivity index (χ4v) is 10.7. The Bertz CT molecular complexity index is 1280. The first-order valence-corrected chi connectivity index (χ1v) is 32.7. The highest BCUT2D eigenvalue weighted by Crippen LogP contribution is 2.24. The zero-order chi connectivity index (χ0) is 55.4. The van der Waals surface area contributed by atoms with Gasteiger partial charge in [-0.2, -0.15) is 0 Å². The van der Waals surface area contributed by atoms with Crippen molar-refractivity contribution in [3.8, 4) is 0 Å². The number of hydrogen-bond acceptors (Lipinski definition) is 10. The van der Waals surface area contributed by atoms with Crippen LogP contribution in [0.4, 0.5) is 0 Å². The summed E-state index contributed by atoms with van der Waals surface area (Å²) in [5, 5.41) is 76.3. The summed E-state index contributed by atoms with van der Waals surface area (Å²) in [4.78, 5) is 13.2. The zero-order valence-corrected chi connectivity index (χ0v) is 49.5. The number of aliphatic hydroxyl groups excluding tert-OH is 7. The predicted molar refractivity (Wildman–Crippen MR) is 316 cm³/mol. The van der Waals surface area contributed by atoms with Gasteiger partial charge in [-0.05, 0) is 44.9 Å². The normalized spacial score (nSPS) is 19.7. The molecule has 1 saturated heterocycles. The molecule has 8 N–H and O–H groups in total. The number of amides is 1. The molecule has 0 aromatic carbocycles. The lowest BCUT2D eigenvalue weighted by Crippen LogP contribution is -2.60. The van der Waals surface area contributed by atoms with Crippen LogP contribution in [0.2, 0.25) is 0 Å². The first kappa shape index (κ1) is 72.6. The molecule has 11 nitrogen and oxygen atoms in total. The quantitative estimate of drug-likeness (QED) is 0.0215. The van der Waals surface area contributed by atoms with E-state index in [0.717, 1.165) is 44.9 Å². The van der Waals surface area contributed by atoms with Crippen molar-refractivity contribution in [1.29, 1.82) is 0 Å². The van der Waals surface area contributed by atoms with Gasteiger partial charge in [0.1, 0.15) is 36.6 Å². The van der Waals surface area contributed by atoms with Gasteiger partial charge in [0.15, 0.2) is 6.29 Å². The van der Waals surface area contributed by atoms with E-state index in [2.05, 4.69) is 43.5 Å². The molecule has 0 aliphatic carbocycles. The maximum Gasteiger partial charge on any atom is 0.249 e. The van der Waals surface area contributed by atoms with Gasteiger partial charge in [-0.3, -0.25) is 4.79 Å². The first-order valence-electron chi connectivity index (χ1n) is 32.7. The second kappa shape index (κ2) is 54.2. The van der Waals surface area contributed by atoms with Crippen LogP contribution in [0.5, 0.6) is 0 Å². The van der Waals surface area contributed by atoms with E-state index >= 15 is 0 Å². The number of unbranched alkanes of at least 4 members (excludes halogenated alkanes) is 41. The molecule has 0 spiro atoms. The number of hydrogen-bond donors (Lipinski definition) is 8. The summed E-state index contributed by atoms with van der Waals surface area (Å²) < 4.78 is 11.2. The van der Waals surface area contributed by atoms with Gasteiger partial charge in [0.05, 0.1) is 25.4 Å². The van der Waals surface area contributed by atoms with Gasteiger partial charge < -0.3 is 50.5 Å². The lowest BCUT2D eigenvalue weighted by atomic mass is 9.98. The van der Waals surface area contributed by atoms with Crippen LogP contribution in [0.3, 0.4) is 0 Å². The summed E-state index contributed by atoms with van der Waals surface area (Å²) in [7, 11) is 0. The van der Waals surface area contributed by atoms with E-state index in [9.17, 15) is 40.5 Å². The van der Waals surface area contributed by atoms with Crippen LogP contribution in [0.1, 0.15) is 316 Å². The van der Waals surface area contributed by atoms with Crippen molar-refractivity contribution in [2.75, 3.05) is 13.2 Å². The molecule has 450 valence electrons. The Kier molecular flexibility index (Phi) is 51.8. The van der Waals surface area contributed by atoms with Crippen LogP contribution in [-0.2, 0) is 14.3 Å². The van der Waals surface area contributed by atoms with E-state index in [4.69, 9.17) is 9.47 Å². The van der Waals surface area contributed by atoms with Crippen molar-refractivity contribution in [2.45, 2.75) is 371 Å². The molecule has 1 fully saturated rings. The Morgan fingerprint density at radius 3 is 1.17 bits per heavy atom. The summed E-state index contributed by atoms with van der Waals surface area (Å²) in [6, 6.07) is -1.17. The van der Waals surface area contributed by atoms with Crippen molar-refractivity contribution in [3.63, 3.8) is 0 Å². The number of carbonyl (C=O) groups is 1. The lowest BCUT2D eigenvalue weighted by molar-refractivity contribution is -0.303. The van der Waals surface area contributed by atoms with Gasteiger partial charge in [0, 0.05) is 0 Å². The molecule has 9 unspecified atom stereocenters. The number of ether oxygens (including phenoxy) is 2. The van der Waals surface area contributed by atoms with Crippen LogP contribution in [-0.4, -0.2) is 110 Å². The minimum atomic E-state index is -1.66. The average Bonchev–Trinajstić information content (AvgIpc) is 3.42. The molecule has 1 rings (SSSR count). The zero-order valence-electron chi connectivity index (χ0n) is 49.5. The molecule has 0 bridgehead atoms. The van der Waals surface area contributed by atoms with Crippen molar-refractivity contribution in [3.05, 3.63) is 24.3 Å². The van der Waals surface area contributed by atoms with E-state index < -0.39 is 74.2 Å². The van der Waals surface area contributed by atoms with Gasteiger partial charge in [0.25, 0.3) is 0 Å². The molecule has 0 radical (unpaired) electrons. The molecule has 0 aromatic heterocycles. The maximum absolute atomic E-state index is 13.2. The van der Waals surface area contributed by atoms with Crippen LogP contribution >= 0.6 is 0 Å². The largest absolute Gasteiger partial charge is 0.394 e. The number of carbonyl (C=O) groups excluding carboxylic acids is 1.